The lowest BCUT2D eigenvalue weighted by molar-refractivity contribution is 0.641. The molecule has 0 amide bonds. The van der Waals surface area contributed by atoms with Crippen molar-refractivity contribution in [3.63, 3.8) is 0 Å². The largest absolute Gasteiger partial charge is 0.367 e. The van der Waals surface area contributed by atoms with E-state index >= 15 is 0 Å². The normalized spacial score (nSPS) is 10.2. The molecule has 0 bridgehead atoms. The Kier molecular flexibility index (Phi) is 3.14. The predicted octanol–water partition coefficient (Wildman–Crippen LogP) is 1.60. The van der Waals surface area contributed by atoms with Gasteiger partial charge in [-0.3, -0.25) is 5.43 Å². The third-order valence-electron chi connectivity index (χ3n) is 1.26. The number of rotatable bonds is 3. The summed E-state index contributed by atoms with van der Waals surface area (Å²) in [5, 5.41) is 3.99. The number of nitrogens with one attached hydrogen (secondary N) is 1. The molecule has 0 heterocycles. The summed E-state index contributed by atoms with van der Waals surface area (Å²) in [5.41, 5.74) is 3.90. The fraction of sp³-hybridized carbons (Fsp3) is 0.222. The Morgan fingerprint density at radius 1 is 1.25 bits per heavy atom. The Labute approximate surface area is 72.7 Å². The number of para-hydroxylation sites is 1. The van der Waals surface area contributed by atoms with E-state index in [1.807, 2.05) is 49.3 Å². The number of benzene rings is 1. The molecule has 1 N–H and O–H groups in total. The molecular weight excluding hydrogens is 150 g/mol. The van der Waals surface area contributed by atoms with Crippen LogP contribution in [-0.4, -0.2) is 25.3 Å². The van der Waals surface area contributed by atoms with E-state index in [2.05, 4.69) is 10.5 Å². The molecule has 1 aromatic carbocycles. The number of anilines is 1. The van der Waals surface area contributed by atoms with Gasteiger partial charge in [0.15, 0.2) is 0 Å². The first-order valence-electron chi connectivity index (χ1n) is 3.80. The topological polar surface area (TPSA) is 27.6 Å². The highest BCUT2D eigenvalue weighted by molar-refractivity contribution is 5.56. The van der Waals surface area contributed by atoms with Gasteiger partial charge >= 0.3 is 0 Å². The highest BCUT2D eigenvalue weighted by atomic mass is 15.3. The lowest BCUT2D eigenvalue weighted by Gasteiger charge is -2.03. The third-order valence-corrected chi connectivity index (χ3v) is 1.26. The van der Waals surface area contributed by atoms with E-state index in [0.29, 0.717) is 0 Å². The van der Waals surface area contributed by atoms with Gasteiger partial charge < -0.3 is 4.90 Å². The van der Waals surface area contributed by atoms with Gasteiger partial charge in [0.1, 0.15) is 6.34 Å². The second kappa shape index (κ2) is 4.38. The lowest BCUT2D eigenvalue weighted by atomic mass is 10.3. The minimum atomic E-state index is 0.996. The van der Waals surface area contributed by atoms with Gasteiger partial charge in [0.25, 0.3) is 0 Å². The summed E-state index contributed by atoms with van der Waals surface area (Å²) in [5.74, 6) is 0. The number of nitrogens with zero attached hydrogens (tertiary/aromatic N) is 2. The van der Waals surface area contributed by atoms with Crippen molar-refractivity contribution < 1.29 is 0 Å². The molecule has 1 aromatic rings. The average molecular weight is 163 g/mol. The van der Waals surface area contributed by atoms with E-state index in [1.165, 1.54) is 0 Å². The SMILES string of the molecule is CN(C)/C=N/Nc1ccccc1. The molecule has 64 valence electrons. The highest BCUT2D eigenvalue weighted by Gasteiger charge is 1.83. The maximum absolute atomic E-state index is 3.99. The maximum Gasteiger partial charge on any atom is 0.111 e. The minimum Gasteiger partial charge on any atom is -0.367 e. The van der Waals surface area contributed by atoms with Crippen LogP contribution in [0.1, 0.15) is 0 Å². The van der Waals surface area contributed by atoms with Crippen molar-refractivity contribution in [1.82, 2.24) is 4.90 Å². The summed E-state index contributed by atoms with van der Waals surface area (Å²) in [6, 6.07) is 9.84. The van der Waals surface area contributed by atoms with Crippen molar-refractivity contribution in [2.45, 2.75) is 0 Å². The van der Waals surface area contributed by atoms with Crippen LogP contribution in [0.15, 0.2) is 35.4 Å². The summed E-state index contributed by atoms with van der Waals surface area (Å²) < 4.78 is 0. The third kappa shape index (κ3) is 3.05. The Hall–Kier alpha value is -1.51. The molecule has 12 heavy (non-hydrogen) atoms. The Balaban J connectivity index is 2.43. The molecule has 3 nitrogen and oxygen atoms in total. The molecule has 0 aliphatic heterocycles. The zero-order chi connectivity index (χ0) is 8.81. The van der Waals surface area contributed by atoms with Crippen LogP contribution < -0.4 is 5.43 Å². The van der Waals surface area contributed by atoms with Crippen LogP contribution in [0.25, 0.3) is 0 Å². The van der Waals surface area contributed by atoms with E-state index in [1.54, 1.807) is 6.34 Å². The van der Waals surface area contributed by atoms with Crippen molar-refractivity contribution in [3.05, 3.63) is 30.3 Å². The first kappa shape index (κ1) is 8.59. The molecule has 0 atom stereocenters. The van der Waals surface area contributed by atoms with E-state index in [-0.39, 0.29) is 0 Å². The number of hydrogen-bond acceptors (Lipinski definition) is 2. The Bertz CT molecular complexity index is 241. The van der Waals surface area contributed by atoms with E-state index in [9.17, 15) is 0 Å². The predicted molar refractivity (Wildman–Crippen MR) is 52.2 cm³/mol. The zero-order valence-electron chi connectivity index (χ0n) is 7.36. The van der Waals surface area contributed by atoms with Gasteiger partial charge in [-0.2, -0.15) is 5.10 Å². The average Bonchev–Trinajstić information content (AvgIpc) is 2.05. The molecular formula is C9H13N3. The first-order chi connectivity index (χ1) is 5.79. The van der Waals surface area contributed by atoms with Crippen molar-refractivity contribution in [2.75, 3.05) is 19.5 Å². The molecule has 0 spiro atoms. The molecule has 1 rings (SSSR count). The maximum atomic E-state index is 3.99. The fourth-order valence-corrected chi connectivity index (χ4v) is 0.732. The molecule has 0 unspecified atom stereocenters. The van der Waals surface area contributed by atoms with E-state index < -0.39 is 0 Å². The van der Waals surface area contributed by atoms with Gasteiger partial charge in [0, 0.05) is 14.1 Å². The van der Waals surface area contributed by atoms with Crippen LogP contribution >= 0.6 is 0 Å². The van der Waals surface area contributed by atoms with Crippen LogP contribution in [0.2, 0.25) is 0 Å². The van der Waals surface area contributed by atoms with Gasteiger partial charge in [0.2, 0.25) is 0 Å². The first-order valence-corrected chi connectivity index (χ1v) is 3.80. The second-order valence-electron chi connectivity index (χ2n) is 2.69. The second-order valence-corrected chi connectivity index (χ2v) is 2.69. The summed E-state index contributed by atoms with van der Waals surface area (Å²) in [7, 11) is 3.85. The van der Waals surface area contributed by atoms with Gasteiger partial charge in [-0.15, -0.1) is 0 Å². The summed E-state index contributed by atoms with van der Waals surface area (Å²) >= 11 is 0. The zero-order valence-corrected chi connectivity index (χ0v) is 7.36. The fourth-order valence-electron chi connectivity index (χ4n) is 0.732. The highest BCUT2D eigenvalue weighted by Crippen LogP contribution is 2.03. The van der Waals surface area contributed by atoms with Crippen molar-refractivity contribution in [2.24, 2.45) is 5.10 Å². The molecule has 0 saturated heterocycles. The molecule has 3 heteroatoms. The Morgan fingerprint density at radius 2 is 1.92 bits per heavy atom. The van der Waals surface area contributed by atoms with Crippen molar-refractivity contribution in [3.8, 4) is 0 Å². The molecule has 0 aromatic heterocycles. The van der Waals surface area contributed by atoms with Gasteiger partial charge in [0.05, 0.1) is 5.69 Å². The summed E-state index contributed by atoms with van der Waals surface area (Å²) in [4.78, 5) is 1.87. The van der Waals surface area contributed by atoms with Crippen LogP contribution in [0.3, 0.4) is 0 Å². The monoisotopic (exact) mass is 163 g/mol. The van der Waals surface area contributed by atoms with E-state index in [0.717, 1.165) is 5.69 Å². The van der Waals surface area contributed by atoms with Crippen LogP contribution in [0.4, 0.5) is 5.69 Å². The molecule has 0 aliphatic rings. The minimum absolute atomic E-state index is 0.996. The van der Waals surface area contributed by atoms with E-state index in [4.69, 9.17) is 0 Å². The summed E-state index contributed by atoms with van der Waals surface area (Å²) in [6.07, 6.45) is 1.72. The van der Waals surface area contributed by atoms with Gasteiger partial charge in [-0.1, -0.05) is 18.2 Å². The molecule has 0 fully saturated rings. The van der Waals surface area contributed by atoms with Crippen LogP contribution in [0, 0.1) is 0 Å². The van der Waals surface area contributed by atoms with Crippen molar-refractivity contribution >= 4 is 12.0 Å². The standard InChI is InChI=1S/C9H13N3/c1-12(2)8-10-11-9-6-4-3-5-7-9/h3-8,11H,1-2H3/b10-8+. The van der Waals surface area contributed by atoms with Gasteiger partial charge in [-0.05, 0) is 12.1 Å². The quantitative estimate of drug-likeness (QED) is 0.416. The molecule has 0 radical (unpaired) electrons. The smallest absolute Gasteiger partial charge is 0.111 e. The molecule has 0 saturated carbocycles. The van der Waals surface area contributed by atoms with Crippen LogP contribution in [-0.2, 0) is 0 Å². The van der Waals surface area contributed by atoms with Crippen LogP contribution in [0.5, 0.6) is 0 Å². The van der Waals surface area contributed by atoms with Gasteiger partial charge in [-0.25, -0.2) is 0 Å². The van der Waals surface area contributed by atoms with Crippen molar-refractivity contribution in [1.29, 1.82) is 0 Å². The Morgan fingerprint density at radius 3 is 2.50 bits per heavy atom. The summed E-state index contributed by atoms with van der Waals surface area (Å²) in [6.45, 7) is 0. The molecule has 0 aliphatic carbocycles. The number of hydrogen-bond donors (Lipinski definition) is 1. The lowest BCUT2D eigenvalue weighted by Crippen LogP contribution is -2.08. The number of hydrazone groups is 1.